The van der Waals surface area contributed by atoms with Gasteiger partial charge < -0.3 is 11.1 Å². The Kier molecular flexibility index (Phi) is 2.48. The van der Waals surface area contributed by atoms with Gasteiger partial charge in [0.25, 0.3) is 0 Å². The van der Waals surface area contributed by atoms with Gasteiger partial charge in [0.2, 0.25) is 0 Å². The molecule has 17 heavy (non-hydrogen) atoms. The van der Waals surface area contributed by atoms with Gasteiger partial charge >= 0.3 is 6.03 Å². The van der Waals surface area contributed by atoms with Gasteiger partial charge in [-0.2, -0.15) is 0 Å². The molecule has 0 spiro atoms. The highest BCUT2D eigenvalue weighted by Gasteiger charge is 2.19. The van der Waals surface area contributed by atoms with Gasteiger partial charge in [-0.1, -0.05) is 0 Å². The summed E-state index contributed by atoms with van der Waals surface area (Å²) in [4.78, 5) is 16.8. The maximum atomic E-state index is 11.1. The Morgan fingerprint density at radius 2 is 2.24 bits per heavy atom. The molecule has 1 aliphatic rings. The molecule has 0 bridgehead atoms. The molecular weight excluding hydrogens is 234 g/mol. The second-order valence-electron chi connectivity index (χ2n) is 4.25. The molecule has 3 N–H and O–H groups in total. The van der Waals surface area contributed by atoms with E-state index < -0.39 is 6.03 Å². The molecule has 4 nitrogen and oxygen atoms in total. The van der Waals surface area contributed by atoms with Gasteiger partial charge in [-0.3, -0.25) is 0 Å². The molecule has 3 rings (SSSR count). The molecule has 0 aliphatic heterocycles. The summed E-state index contributed by atoms with van der Waals surface area (Å²) in [7, 11) is 0. The summed E-state index contributed by atoms with van der Waals surface area (Å²) in [6, 6.07) is 1.49. The van der Waals surface area contributed by atoms with Gasteiger partial charge in [0.05, 0.1) is 5.69 Å². The lowest BCUT2D eigenvalue weighted by Gasteiger charge is -2.19. The van der Waals surface area contributed by atoms with Gasteiger partial charge in [-0.05, 0) is 42.7 Å². The number of carbonyl (C=O) groups is 1. The zero-order valence-corrected chi connectivity index (χ0v) is 10.1. The third-order valence-corrected chi connectivity index (χ3v) is 3.95. The number of rotatable bonds is 1. The van der Waals surface area contributed by atoms with Crippen LogP contribution in [0.2, 0.25) is 0 Å². The van der Waals surface area contributed by atoms with Crippen LogP contribution < -0.4 is 11.1 Å². The summed E-state index contributed by atoms with van der Waals surface area (Å²) in [6.45, 7) is 0. The number of hydrogen-bond donors (Lipinski definition) is 2. The minimum atomic E-state index is -0.503. The SMILES string of the molecule is NC(=O)Nc1c2c(nc3sccc13)CCCC2. The normalized spacial score (nSPS) is 14.6. The van der Waals surface area contributed by atoms with E-state index in [9.17, 15) is 4.79 Å². The van der Waals surface area contributed by atoms with E-state index in [1.54, 1.807) is 11.3 Å². The van der Waals surface area contributed by atoms with Crippen LogP contribution in [0.3, 0.4) is 0 Å². The fourth-order valence-corrected chi connectivity index (χ4v) is 3.20. The van der Waals surface area contributed by atoms with Crippen molar-refractivity contribution in [3.63, 3.8) is 0 Å². The molecule has 0 aromatic carbocycles. The number of primary amides is 1. The summed E-state index contributed by atoms with van der Waals surface area (Å²) >= 11 is 1.60. The van der Waals surface area contributed by atoms with E-state index in [2.05, 4.69) is 10.3 Å². The van der Waals surface area contributed by atoms with Gasteiger partial charge in [0.1, 0.15) is 4.83 Å². The number of nitrogens with two attached hydrogens (primary N) is 1. The molecule has 0 saturated heterocycles. The first-order valence-electron chi connectivity index (χ1n) is 5.71. The number of aryl methyl sites for hydroxylation is 1. The Morgan fingerprint density at radius 1 is 1.41 bits per heavy atom. The summed E-state index contributed by atoms with van der Waals surface area (Å²) in [5, 5.41) is 5.77. The lowest BCUT2D eigenvalue weighted by molar-refractivity contribution is 0.259. The number of urea groups is 1. The Bertz CT molecular complexity index is 591. The number of aromatic nitrogens is 1. The van der Waals surface area contributed by atoms with Crippen molar-refractivity contribution in [2.45, 2.75) is 25.7 Å². The van der Waals surface area contributed by atoms with Crippen LogP contribution in [0.15, 0.2) is 11.4 Å². The fraction of sp³-hybridized carbons (Fsp3) is 0.333. The van der Waals surface area contributed by atoms with Crippen molar-refractivity contribution in [2.24, 2.45) is 5.73 Å². The Morgan fingerprint density at radius 3 is 3.06 bits per heavy atom. The molecule has 2 aromatic heterocycles. The molecule has 0 atom stereocenters. The molecule has 0 unspecified atom stereocenters. The molecule has 0 fully saturated rings. The molecular formula is C12H13N3OS. The third-order valence-electron chi connectivity index (χ3n) is 3.14. The zero-order chi connectivity index (χ0) is 11.8. The van der Waals surface area contributed by atoms with Gasteiger partial charge in [0, 0.05) is 11.1 Å². The van der Waals surface area contributed by atoms with Crippen LogP contribution in [0.1, 0.15) is 24.1 Å². The van der Waals surface area contributed by atoms with Crippen LogP contribution in [-0.4, -0.2) is 11.0 Å². The predicted molar refractivity (Wildman–Crippen MR) is 69.5 cm³/mol. The minimum Gasteiger partial charge on any atom is -0.351 e. The van der Waals surface area contributed by atoms with Crippen LogP contribution in [0.5, 0.6) is 0 Å². The van der Waals surface area contributed by atoms with Crippen LogP contribution >= 0.6 is 11.3 Å². The monoisotopic (exact) mass is 247 g/mol. The van der Waals surface area contributed by atoms with E-state index in [0.717, 1.165) is 40.9 Å². The molecule has 0 radical (unpaired) electrons. The van der Waals surface area contributed by atoms with E-state index in [1.165, 1.54) is 12.0 Å². The zero-order valence-electron chi connectivity index (χ0n) is 9.32. The topological polar surface area (TPSA) is 68.0 Å². The maximum absolute atomic E-state index is 11.1. The van der Waals surface area contributed by atoms with Crippen molar-refractivity contribution in [1.29, 1.82) is 0 Å². The number of thiophene rings is 1. The van der Waals surface area contributed by atoms with Gasteiger partial charge in [0.15, 0.2) is 0 Å². The highest BCUT2D eigenvalue weighted by molar-refractivity contribution is 7.16. The Hall–Kier alpha value is -1.62. The van der Waals surface area contributed by atoms with Gasteiger partial charge in [-0.15, -0.1) is 11.3 Å². The fourth-order valence-electron chi connectivity index (χ4n) is 2.41. The average Bonchev–Trinajstić information content (AvgIpc) is 2.76. The van der Waals surface area contributed by atoms with Gasteiger partial charge in [-0.25, -0.2) is 9.78 Å². The summed E-state index contributed by atoms with van der Waals surface area (Å²) in [5.74, 6) is 0. The van der Waals surface area contributed by atoms with Crippen molar-refractivity contribution >= 4 is 33.3 Å². The second-order valence-corrected chi connectivity index (χ2v) is 5.14. The summed E-state index contributed by atoms with van der Waals surface area (Å²) in [5.41, 5.74) is 8.41. The molecule has 0 saturated carbocycles. The quantitative estimate of drug-likeness (QED) is 0.813. The van der Waals surface area contributed by atoms with Crippen molar-refractivity contribution in [3.05, 3.63) is 22.7 Å². The highest BCUT2D eigenvalue weighted by atomic mass is 32.1. The van der Waals surface area contributed by atoms with Crippen LogP contribution in [0, 0.1) is 0 Å². The molecule has 5 heteroatoms. The average molecular weight is 247 g/mol. The number of pyridine rings is 1. The Balaban J connectivity index is 2.25. The van der Waals surface area contributed by atoms with E-state index in [4.69, 9.17) is 5.73 Å². The summed E-state index contributed by atoms with van der Waals surface area (Å²) in [6.07, 6.45) is 4.30. The van der Waals surface area contributed by atoms with Crippen molar-refractivity contribution in [3.8, 4) is 0 Å². The molecule has 2 amide bonds. The van der Waals surface area contributed by atoms with E-state index >= 15 is 0 Å². The molecule has 88 valence electrons. The predicted octanol–water partition coefficient (Wildman–Crippen LogP) is 2.67. The van der Waals surface area contributed by atoms with E-state index in [1.807, 2.05) is 11.4 Å². The van der Waals surface area contributed by atoms with Crippen LogP contribution in [0.25, 0.3) is 10.2 Å². The highest BCUT2D eigenvalue weighted by Crippen LogP contribution is 2.35. The first-order valence-corrected chi connectivity index (χ1v) is 6.59. The number of fused-ring (bicyclic) bond motifs is 2. The molecule has 2 heterocycles. The summed E-state index contributed by atoms with van der Waals surface area (Å²) < 4.78 is 0. The Labute approximate surface area is 103 Å². The van der Waals surface area contributed by atoms with Crippen LogP contribution in [-0.2, 0) is 12.8 Å². The largest absolute Gasteiger partial charge is 0.351 e. The standard InChI is InChI=1S/C12H13N3OS/c13-12(16)15-10-7-3-1-2-4-9(7)14-11-8(10)5-6-17-11/h5-6H,1-4H2,(H3,13,14,15,16). The lowest BCUT2D eigenvalue weighted by Crippen LogP contribution is -2.21. The molecule has 1 aliphatic carbocycles. The van der Waals surface area contributed by atoms with E-state index in [-0.39, 0.29) is 0 Å². The first-order chi connectivity index (χ1) is 8.25. The number of amides is 2. The number of hydrogen-bond acceptors (Lipinski definition) is 3. The number of nitrogens with zero attached hydrogens (tertiary/aromatic N) is 1. The number of carbonyl (C=O) groups excluding carboxylic acids is 1. The smallest absolute Gasteiger partial charge is 0.316 e. The molecule has 2 aromatic rings. The second kappa shape index (κ2) is 4.00. The van der Waals surface area contributed by atoms with Crippen molar-refractivity contribution in [2.75, 3.05) is 5.32 Å². The van der Waals surface area contributed by atoms with E-state index in [0.29, 0.717) is 0 Å². The first kappa shape index (κ1) is 10.5. The number of nitrogens with one attached hydrogen (secondary N) is 1. The maximum Gasteiger partial charge on any atom is 0.316 e. The van der Waals surface area contributed by atoms with Crippen LogP contribution in [0.4, 0.5) is 10.5 Å². The van der Waals surface area contributed by atoms with Crippen molar-refractivity contribution < 1.29 is 4.79 Å². The lowest BCUT2D eigenvalue weighted by atomic mass is 9.94. The minimum absolute atomic E-state index is 0.503. The number of anilines is 1. The third kappa shape index (κ3) is 1.76. The van der Waals surface area contributed by atoms with Crippen molar-refractivity contribution in [1.82, 2.24) is 4.98 Å².